The highest BCUT2D eigenvalue weighted by molar-refractivity contribution is 5.91. The zero-order valence-corrected chi connectivity index (χ0v) is 12.8. The summed E-state index contributed by atoms with van der Waals surface area (Å²) in [7, 11) is 0. The van der Waals surface area contributed by atoms with Crippen LogP contribution >= 0.6 is 0 Å². The second kappa shape index (κ2) is 6.89. The summed E-state index contributed by atoms with van der Waals surface area (Å²) in [5.74, 6) is -0.0775. The van der Waals surface area contributed by atoms with Gasteiger partial charge in [-0.05, 0) is 43.5 Å². The van der Waals surface area contributed by atoms with Gasteiger partial charge in [-0.3, -0.25) is 4.79 Å². The van der Waals surface area contributed by atoms with E-state index in [4.69, 9.17) is 0 Å². The molecule has 0 aromatic heterocycles. The molecule has 0 bridgehead atoms. The third-order valence-corrected chi connectivity index (χ3v) is 3.48. The number of amides is 1. The molecule has 0 aliphatic heterocycles. The number of carbonyl (C=O) groups is 1. The normalized spacial score (nSPS) is 12.3. The van der Waals surface area contributed by atoms with E-state index in [0.29, 0.717) is 0 Å². The third kappa shape index (κ3) is 4.32. The number of hydrogen-bond acceptors (Lipinski definition) is 1. The summed E-state index contributed by atoms with van der Waals surface area (Å²) >= 11 is 0. The van der Waals surface area contributed by atoms with Gasteiger partial charge in [-0.1, -0.05) is 54.1 Å². The number of rotatable bonds is 4. The van der Waals surface area contributed by atoms with Crippen LogP contribution in [0, 0.1) is 13.8 Å². The summed E-state index contributed by atoms with van der Waals surface area (Å²) < 4.78 is 0. The smallest absolute Gasteiger partial charge is 0.244 e. The van der Waals surface area contributed by atoms with Crippen molar-refractivity contribution in [2.75, 3.05) is 0 Å². The summed E-state index contributed by atoms with van der Waals surface area (Å²) in [6.07, 6.45) is 3.40. The number of nitrogens with one attached hydrogen (secondary N) is 1. The predicted octanol–water partition coefficient (Wildman–Crippen LogP) is 4.19. The van der Waals surface area contributed by atoms with Gasteiger partial charge >= 0.3 is 0 Å². The lowest BCUT2D eigenvalue weighted by Crippen LogP contribution is -2.25. The minimum atomic E-state index is -0.0775. The molecule has 0 radical (unpaired) electrons. The summed E-state index contributed by atoms with van der Waals surface area (Å²) in [6, 6.07) is 16.1. The SMILES string of the molecule is Cc1ccc([C@@H](C)NC(=O)/C=C\c2ccccc2)c(C)c1. The van der Waals surface area contributed by atoms with E-state index in [-0.39, 0.29) is 11.9 Å². The first-order valence-electron chi connectivity index (χ1n) is 7.17. The lowest BCUT2D eigenvalue weighted by atomic mass is 10.0. The zero-order valence-electron chi connectivity index (χ0n) is 12.8. The van der Waals surface area contributed by atoms with E-state index in [2.05, 4.69) is 37.4 Å². The molecule has 0 saturated carbocycles. The van der Waals surface area contributed by atoms with Crippen molar-refractivity contribution in [3.05, 3.63) is 76.9 Å². The number of aryl methyl sites for hydroxylation is 2. The van der Waals surface area contributed by atoms with Crippen LogP contribution in [0.1, 0.15) is 35.2 Å². The fourth-order valence-corrected chi connectivity index (χ4v) is 2.39. The van der Waals surface area contributed by atoms with Gasteiger partial charge in [0, 0.05) is 6.08 Å². The van der Waals surface area contributed by atoms with Crippen LogP contribution in [-0.4, -0.2) is 5.91 Å². The van der Waals surface area contributed by atoms with Crippen molar-refractivity contribution < 1.29 is 4.79 Å². The molecule has 0 unspecified atom stereocenters. The number of hydrogen-bond donors (Lipinski definition) is 1. The fraction of sp³-hybridized carbons (Fsp3) is 0.211. The van der Waals surface area contributed by atoms with E-state index >= 15 is 0 Å². The highest BCUT2D eigenvalue weighted by Crippen LogP contribution is 2.18. The maximum Gasteiger partial charge on any atom is 0.244 e. The molecule has 21 heavy (non-hydrogen) atoms. The Morgan fingerprint density at radius 1 is 1.10 bits per heavy atom. The van der Waals surface area contributed by atoms with Crippen LogP contribution in [-0.2, 0) is 4.79 Å². The van der Waals surface area contributed by atoms with Crippen LogP contribution < -0.4 is 5.32 Å². The first-order chi connectivity index (χ1) is 10.1. The van der Waals surface area contributed by atoms with Gasteiger partial charge in [0.2, 0.25) is 5.91 Å². The molecular weight excluding hydrogens is 258 g/mol. The monoisotopic (exact) mass is 279 g/mol. The number of benzene rings is 2. The minimum absolute atomic E-state index is 0.00137. The first kappa shape index (κ1) is 15.0. The van der Waals surface area contributed by atoms with E-state index < -0.39 is 0 Å². The molecule has 2 aromatic carbocycles. The van der Waals surface area contributed by atoms with Gasteiger partial charge in [0.25, 0.3) is 0 Å². The average molecular weight is 279 g/mol. The van der Waals surface area contributed by atoms with E-state index in [1.807, 2.05) is 43.3 Å². The Labute approximate surface area is 126 Å². The van der Waals surface area contributed by atoms with Gasteiger partial charge in [-0.2, -0.15) is 0 Å². The van der Waals surface area contributed by atoms with Crippen molar-refractivity contribution in [1.82, 2.24) is 5.32 Å². The van der Waals surface area contributed by atoms with Gasteiger partial charge in [0.15, 0.2) is 0 Å². The van der Waals surface area contributed by atoms with Crippen molar-refractivity contribution >= 4 is 12.0 Å². The molecule has 2 rings (SSSR count). The van der Waals surface area contributed by atoms with Crippen LogP contribution in [0.4, 0.5) is 0 Å². The van der Waals surface area contributed by atoms with Crippen LogP contribution in [0.25, 0.3) is 6.08 Å². The first-order valence-corrected chi connectivity index (χ1v) is 7.17. The van der Waals surface area contributed by atoms with Crippen molar-refractivity contribution in [3.63, 3.8) is 0 Å². The molecule has 1 atom stereocenters. The lowest BCUT2D eigenvalue weighted by molar-refractivity contribution is -0.117. The molecule has 2 aromatic rings. The molecule has 0 aliphatic carbocycles. The van der Waals surface area contributed by atoms with Gasteiger partial charge in [-0.25, -0.2) is 0 Å². The van der Waals surface area contributed by atoms with Gasteiger partial charge in [-0.15, -0.1) is 0 Å². The minimum Gasteiger partial charge on any atom is -0.346 e. The largest absolute Gasteiger partial charge is 0.346 e. The van der Waals surface area contributed by atoms with Crippen molar-refractivity contribution in [3.8, 4) is 0 Å². The molecule has 1 amide bonds. The molecule has 1 N–H and O–H groups in total. The van der Waals surface area contributed by atoms with Crippen molar-refractivity contribution in [1.29, 1.82) is 0 Å². The molecule has 0 saturated heterocycles. The van der Waals surface area contributed by atoms with Crippen LogP contribution in [0.5, 0.6) is 0 Å². The lowest BCUT2D eigenvalue weighted by Gasteiger charge is -2.16. The highest BCUT2D eigenvalue weighted by atomic mass is 16.1. The summed E-state index contributed by atoms with van der Waals surface area (Å²) in [4.78, 5) is 12.0. The second-order valence-corrected chi connectivity index (χ2v) is 5.33. The maximum absolute atomic E-state index is 12.0. The van der Waals surface area contributed by atoms with E-state index in [1.165, 1.54) is 11.1 Å². The van der Waals surface area contributed by atoms with Gasteiger partial charge in [0.1, 0.15) is 0 Å². The Balaban J connectivity index is 2.00. The van der Waals surface area contributed by atoms with Gasteiger partial charge in [0.05, 0.1) is 6.04 Å². The predicted molar refractivity (Wildman–Crippen MR) is 87.9 cm³/mol. The molecule has 0 fully saturated rings. The van der Waals surface area contributed by atoms with Crippen LogP contribution in [0.3, 0.4) is 0 Å². The van der Waals surface area contributed by atoms with Crippen molar-refractivity contribution in [2.24, 2.45) is 0 Å². The third-order valence-electron chi connectivity index (χ3n) is 3.48. The van der Waals surface area contributed by atoms with E-state index in [9.17, 15) is 4.79 Å². The summed E-state index contributed by atoms with van der Waals surface area (Å²) in [6.45, 7) is 6.15. The Morgan fingerprint density at radius 2 is 1.81 bits per heavy atom. The van der Waals surface area contributed by atoms with Crippen LogP contribution in [0.15, 0.2) is 54.6 Å². The Kier molecular flexibility index (Phi) is 4.94. The maximum atomic E-state index is 12.0. The fourth-order valence-electron chi connectivity index (χ4n) is 2.39. The number of carbonyl (C=O) groups excluding carboxylic acids is 1. The topological polar surface area (TPSA) is 29.1 Å². The molecule has 0 aliphatic rings. The average Bonchev–Trinajstić information content (AvgIpc) is 2.46. The molecule has 0 spiro atoms. The molecule has 2 heteroatoms. The Morgan fingerprint density at radius 3 is 2.48 bits per heavy atom. The highest BCUT2D eigenvalue weighted by Gasteiger charge is 2.09. The second-order valence-electron chi connectivity index (χ2n) is 5.33. The molecule has 0 heterocycles. The van der Waals surface area contributed by atoms with E-state index in [0.717, 1.165) is 11.1 Å². The standard InChI is InChI=1S/C19H21NO/c1-14-9-11-18(15(2)13-14)16(3)20-19(21)12-10-17-7-5-4-6-8-17/h4-13,16H,1-3H3,(H,20,21)/b12-10-/t16-/m1/s1. The Hall–Kier alpha value is -2.35. The molecule has 108 valence electrons. The molecular formula is C19H21NO. The summed E-state index contributed by atoms with van der Waals surface area (Å²) in [5.41, 5.74) is 4.61. The zero-order chi connectivity index (χ0) is 15.2. The van der Waals surface area contributed by atoms with E-state index in [1.54, 1.807) is 6.08 Å². The summed E-state index contributed by atoms with van der Waals surface area (Å²) in [5, 5.41) is 3.00. The van der Waals surface area contributed by atoms with Crippen molar-refractivity contribution in [2.45, 2.75) is 26.8 Å². The quantitative estimate of drug-likeness (QED) is 0.835. The van der Waals surface area contributed by atoms with Gasteiger partial charge < -0.3 is 5.32 Å². The van der Waals surface area contributed by atoms with Crippen LogP contribution in [0.2, 0.25) is 0 Å². The Bertz CT molecular complexity index is 644. The molecule has 2 nitrogen and oxygen atoms in total.